The molecule has 0 unspecified atom stereocenters. The van der Waals surface area contributed by atoms with E-state index in [4.69, 9.17) is 0 Å². The van der Waals surface area contributed by atoms with Crippen LogP contribution in [0.15, 0.2) is 66.7 Å². The zero-order valence-corrected chi connectivity index (χ0v) is 22.2. The molecule has 0 N–H and O–H groups in total. The first-order chi connectivity index (χ1) is 18.0. The van der Waals surface area contributed by atoms with Gasteiger partial charge in [0.2, 0.25) is 0 Å². The summed E-state index contributed by atoms with van der Waals surface area (Å²) in [4.78, 5) is 0. The van der Waals surface area contributed by atoms with Gasteiger partial charge in [-0.3, -0.25) is 0 Å². The quantitative estimate of drug-likeness (QED) is 0.190. The number of halogens is 3. The molecule has 1 saturated carbocycles. The molecule has 37 heavy (non-hydrogen) atoms. The molecule has 3 aromatic rings. The summed E-state index contributed by atoms with van der Waals surface area (Å²) in [5.74, 6) is -0.605. The van der Waals surface area contributed by atoms with Gasteiger partial charge in [-0.25, -0.2) is 13.2 Å². The van der Waals surface area contributed by atoms with E-state index in [9.17, 15) is 8.78 Å². The van der Waals surface area contributed by atoms with Gasteiger partial charge in [0.15, 0.2) is 11.6 Å². The smallest absolute Gasteiger partial charge is 0.166 e. The lowest BCUT2D eigenvalue weighted by Crippen LogP contribution is -2.13. The minimum Gasteiger partial charge on any atom is -0.206 e. The third-order valence-corrected chi connectivity index (χ3v) is 7.94. The van der Waals surface area contributed by atoms with Crippen LogP contribution in [0.5, 0.6) is 0 Å². The molecule has 0 nitrogen and oxygen atoms in total. The summed E-state index contributed by atoms with van der Waals surface area (Å²) in [6.45, 7) is 4.25. The van der Waals surface area contributed by atoms with Gasteiger partial charge in [-0.1, -0.05) is 100 Å². The Morgan fingerprint density at radius 2 is 1.41 bits per heavy atom. The molecule has 4 rings (SSSR count). The fraction of sp³-hybridized carbons (Fsp3) is 0.412. The van der Waals surface area contributed by atoms with Gasteiger partial charge >= 0.3 is 0 Å². The molecule has 1 fully saturated rings. The van der Waals surface area contributed by atoms with Crippen molar-refractivity contribution in [2.45, 2.75) is 84.0 Å². The molecule has 3 heteroatoms. The molecule has 0 radical (unpaired) electrons. The largest absolute Gasteiger partial charge is 0.206 e. The molecular formula is C34H39F3. The normalized spacial score (nSPS) is 18.0. The van der Waals surface area contributed by atoms with Crippen LogP contribution in [-0.2, 0) is 6.42 Å². The third-order valence-electron chi connectivity index (χ3n) is 7.94. The Morgan fingerprint density at radius 3 is 2.05 bits per heavy atom. The van der Waals surface area contributed by atoms with Crippen LogP contribution < -0.4 is 0 Å². The summed E-state index contributed by atoms with van der Waals surface area (Å²) in [6, 6.07) is 15.9. The van der Waals surface area contributed by atoms with Crippen molar-refractivity contribution in [1.29, 1.82) is 0 Å². The number of hydrogen-bond donors (Lipinski definition) is 0. The van der Waals surface area contributed by atoms with Crippen LogP contribution in [-0.4, -0.2) is 0 Å². The van der Waals surface area contributed by atoms with E-state index in [1.165, 1.54) is 38.5 Å². The second-order valence-corrected chi connectivity index (χ2v) is 10.5. The van der Waals surface area contributed by atoms with E-state index in [1.807, 2.05) is 25.1 Å². The number of benzene rings is 3. The second-order valence-electron chi connectivity index (χ2n) is 10.5. The highest BCUT2D eigenvalue weighted by Gasteiger charge is 2.23. The average Bonchev–Trinajstić information content (AvgIpc) is 2.92. The van der Waals surface area contributed by atoms with E-state index in [0.717, 1.165) is 36.3 Å². The predicted molar refractivity (Wildman–Crippen MR) is 149 cm³/mol. The molecule has 0 aromatic heterocycles. The van der Waals surface area contributed by atoms with Crippen molar-refractivity contribution >= 4 is 0 Å². The Balaban J connectivity index is 1.44. The zero-order chi connectivity index (χ0) is 26.2. The molecule has 0 spiro atoms. The summed E-state index contributed by atoms with van der Waals surface area (Å²) >= 11 is 0. The Bertz CT molecular complexity index is 1180. The molecule has 0 amide bonds. The third kappa shape index (κ3) is 6.74. The van der Waals surface area contributed by atoms with Crippen LogP contribution in [0.2, 0.25) is 0 Å². The Hall–Kier alpha value is -2.81. The molecule has 1 aliphatic rings. The summed E-state index contributed by atoms with van der Waals surface area (Å²) in [7, 11) is 0. The van der Waals surface area contributed by atoms with Gasteiger partial charge in [0.25, 0.3) is 0 Å². The first-order valence-corrected chi connectivity index (χ1v) is 14.0. The highest BCUT2D eigenvalue weighted by Crippen LogP contribution is 2.39. The average molecular weight is 505 g/mol. The van der Waals surface area contributed by atoms with Crippen LogP contribution in [0.25, 0.3) is 22.3 Å². The predicted octanol–water partition coefficient (Wildman–Crippen LogP) is 10.8. The first-order valence-electron chi connectivity index (χ1n) is 14.0. The van der Waals surface area contributed by atoms with E-state index < -0.39 is 11.6 Å². The van der Waals surface area contributed by atoms with Crippen LogP contribution in [0.3, 0.4) is 0 Å². The second kappa shape index (κ2) is 13.1. The van der Waals surface area contributed by atoms with Crippen molar-refractivity contribution in [1.82, 2.24) is 0 Å². The number of unbranched alkanes of at least 4 members (excludes halogenated alkanes) is 2. The molecule has 0 atom stereocenters. The molecule has 1 aliphatic carbocycles. The monoisotopic (exact) mass is 504 g/mol. The lowest BCUT2D eigenvalue weighted by Gasteiger charge is -2.29. The van der Waals surface area contributed by atoms with Gasteiger partial charge in [-0.05, 0) is 78.7 Å². The van der Waals surface area contributed by atoms with Crippen molar-refractivity contribution in [3.8, 4) is 22.3 Å². The summed E-state index contributed by atoms with van der Waals surface area (Å²) in [5.41, 5.74) is 3.49. The van der Waals surface area contributed by atoms with Crippen LogP contribution in [0.4, 0.5) is 13.2 Å². The maximum Gasteiger partial charge on any atom is 0.166 e. The molecule has 0 heterocycles. The van der Waals surface area contributed by atoms with Gasteiger partial charge in [0, 0.05) is 11.1 Å². The standard InChI is InChI=1S/C34H39F3/c1-3-5-7-9-24-11-13-25(14-12-24)29-20-21-30(32(35)23-29)26-15-17-27(18-16-26)31-22-19-28(10-8-6-4-2)33(36)34(31)37/h6,8,15-25H,3-5,7,9-14H2,1-2H3/b8-6-. The van der Waals surface area contributed by atoms with Gasteiger partial charge in [0.1, 0.15) is 5.82 Å². The van der Waals surface area contributed by atoms with E-state index >= 15 is 4.39 Å². The molecule has 3 aromatic carbocycles. The Kier molecular flexibility index (Phi) is 9.66. The van der Waals surface area contributed by atoms with E-state index in [-0.39, 0.29) is 11.4 Å². The molecule has 196 valence electrons. The Labute approximate surface area is 220 Å². The van der Waals surface area contributed by atoms with Crippen molar-refractivity contribution < 1.29 is 13.2 Å². The van der Waals surface area contributed by atoms with Gasteiger partial charge in [-0.2, -0.15) is 0 Å². The highest BCUT2D eigenvalue weighted by atomic mass is 19.2. The van der Waals surface area contributed by atoms with Gasteiger partial charge < -0.3 is 0 Å². The molecule has 0 bridgehead atoms. The molecule has 0 aliphatic heterocycles. The lowest BCUT2D eigenvalue weighted by atomic mass is 9.77. The molecular weight excluding hydrogens is 465 g/mol. The van der Waals surface area contributed by atoms with Gasteiger partial charge in [0.05, 0.1) is 0 Å². The maximum atomic E-state index is 15.2. The van der Waals surface area contributed by atoms with Crippen LogP contribution in [0, 0.1) is 23.4 Å². The fourth-order valence-electron chi connectivity index (χ4n) is 5.66. The van der Waals surface area contributed by atoms with Crippen molar-refractivity contribution in [2.24, 2.45) is 5.92 Å². The minimum absolute atomic E-state index is 0.216. The van der Waals surface area contributed by atoms with Crippen LogP contribution in [0.1, 0.15) is 88.7 Å². The fourth-order valence-corrected chi connectivity index (χ4v) is 5.66. The zero-order valence-electron chi connectivity index (χ0n) is 22.2. The van der Waals surface area contributed by atoms with E-state index in [0.29, 0.717) is 29.0 Å². The molecule has 0 saturated heterocycles. The van der Waals surface area contributed by atoms with Crippen molar-refractivity contribution in [3.05, 3.63) is 95.3 Å². The van der Waals surface area contributed by atoms with Crippen LogP contribution >= 0.6 is 0 Å². The first kappa shape index (κ1) is 27.2. The van der Waals surface area contributed by atoms with Crippen molar-refractivity contribution in [2.75, 3.05) is 0 Å². The highest BCUT2D eigenvalue weighted by molar-refractivity contribution is 5.71. The topological polar surface area (TPSA) is 0 Å². The number of hydrogen-bond acceptors (Lipinski definition) is 0. The number of rotatable bonds is 10. The maximum absolute atomic E-state index is 15.2. The lowest BCUT2D eigenvalue weighted by molar-refractivity contribution is 0.302. The summed E-state index contributed by atoms with van der Waals surface area (Å²) in [6.07, 6.45) is 15.0. The summed E-state index contributed by atoms with van der Waals surface area (Å²) in [5, 5.41) is 0. The Morgan fingerprint density at radius 1 is 0.730 bits per heavy atom. The SMILES string of the molecule is CC/C=C\Cc1ccc(-c2ccc(-c3ccc(C4CCC(CCCCC)CC4)cc3F)cc2)c(F)c1F. The van der Waals surface area contributed by atoms with E-state index in [2.05, 4.69) is 13.0 Å². The number of allylic oxidation sites excluding steroid dienone is 2. The van der Waals surface area contributed by atoms with E-state index in [1.54, 1.807) is 42.5 Å². The van der Waals surface area contributed by atoms with Gasteiger partial charge in [-0.15, -0.1) is 0 Å². The van der Waals surface area contributed by atoms with Crippen molar-refractivity contribution in [3.63, 3.8) is 0 Å². The minimum atomic E-state index is -0.842. The summed E-state index contributed by atoms with van der Waals surface area (Å²) < 4.78 is 44.6.